The summed E-state index contributed by atoms with van der Waals surface area (Å²) in [5, 5.41) is 0. The van der Waals surface area contributed by atoms with E-state index in [1.165, 1.54) is 12.8 Å². The molecule has 0 aliphatic heterocycles. The highest BCUT2D eigenvalue weighted by Gasteiger charge is 2.28. The molecule has 15 heavy (non-hydrogen) atoms. The minimum atomic E-state index is 0.251. The number of hydrogen-bond donors (Lipinski definition) is 1. The predicted molar refractivity (Wildman–Crippen MR) is 58.5 cm³/mol. The molecule has 4 heteroatoms. The second-order valence-electron chi connectivity index (χ2n) is 4.00. The van der Waals surface area contributed by atoms with E-state index in [4.69, 9.17) is 10.5 Å². The minimum Gasteiger partial charge on any atom is -0.384 e. The normalized spacial score (nSPS) is 26.5. The van der Waals surface area contributed by atoms with Gasteiger partial charge in [0.1, 0.15) is 11.6 Å². The van der Waals surface area contributed by atoms with Crippen molar-refractivity contribution in [3.8, 4) is 0 Å². The van der Waals surface area contributed by atoms with Gasteiger partial charge in [-0.15, -0.1) is 0 Å². The maximum Gasteiger partial charge on any atom is 0.136 e. The highest BCUT2D eigenvalue weighted by Crippen LogP contribution is 2.32. The Labute approximate surface area is 89.9 Å². The SMILES string of the molecule is COC1CCCCC1c1nccc(N)n1. The molecule has 1 saturated carbocycles. The molecule has 2 atom stereocenters. The summed E-state index contributed by atoms with van der Waals surface area (Å²) in [5.41, 5.74) is 5.66. The molecular weight excluding hydrogens is 190 g/mol. The zero-order valence-corrected chi connectivity index (χ0v) is 9.02. The molecule has 2 N–H and O–H groups in total. The number of nitrogens with two attached hydrogens (primary N) is 1. The summed E-state index contributed by atoms with van der Waals surface area (Å²) in [7, 11) is 1.76. The molecule has 0 radical (unpaired) electrons. The average Bonchev–Trinajstić information content (AvgIpc) is 2.29. The van der Waals surface area contributed by atoms with Crippen LogP contribution < -0.4 is 5.73 Å². The Bertz CT molecular complexity index is 329. The van der Waals surface area contributed by atoms with Crippen LogP contribution in [0.3, 0.4) is 0 Å². The zero-order chi connectivity index (χ0) is 10.7. The molecule has 82 valence electrons. The molecule has 1 aliphatic carbocycles. The van der Waals surface area contributed by atoms with Crippen molar-refractivity contribution in [1.29, 1.82) is 0 Å². The summed E-state index contributed by atoms with van der Waals surface area (Å²) in [4.78, 5) is 8.57. The fourth-order valence-corrected chi connectivity index (χ4v) is 2.24. The van der Waals surface area contributed by atoms with Crippen LogP contribution >= 0.6 is 0 Å². The summed E-state index contributed by atoms with van der Waals surface area (Å²) < 4.78 is 5.48. The molecule has 0 saturated heterocycles. The Balaban J connectivity index is 2.20. The van der Waals surface area contributed by atoms with Crippen LogP contribution in [0.1, 0.15) is 37.4 Å². The summed E-state index contributed by atoms with van der Waals surface area (Å²) in [6.45, 7) is 0. The minimum absolute atomic E-state index is 0.251. The van der Waals surface area contributed by atoms with Crippen LogP contribution in [0, 0.1) is 0 Å². The van der Waals surface area contributed by atoms with Gasteiger partial charge in [0, 0.05) is 19.2 Å². The van der Waals surface area contributed by atoms with Crippen molar-refractivity contribution in [1.82, 2.24) is 9.97 Å². The van der Waals surface area contributed by atoms with Gasteiger partial charge in [-0.05, 0) is 18.9 Å². The van der Waals surface area contributed by atoms with Gasteiger partial charge in [0.2, 0.25) is 0 Å². The van der Waals surface area contributed by atoms with Gasteiger partial charge in [0.25, 0.3) is 0 Å². The van der Waals surface area contributed by atoms with E-state index >= 15 is 0 Å². The molecule has 2 unspecified atom stereocenters. The predicted octanol–water partition coefficient (Wildman–Crippen LogP) is 1.73. The van der Waals surface area contributed by atoms with Crippen molar-refractivity contribution in [3.63, 3.8) is 0 Å². The lowest BCUT2D eigenvalue weighted by Gasteiger charge is -2.29. The van der Waals surface area contributed by atoms with Crippen LogP contribution in [-0.4, -0.2) is 23.2 Å². The number of ether oxygens (including phenoxy) is 1. The first-order valence-electron chi connectivity index (χ1n) is 5.42. The van der Waals surface area contributed by atoms with Gasteiger partial charge in [-0.25, -0.2) is 9.97 Å². The fraction of sp³-hybridized carbons (Fsp3) is 0.636. The number of rotatable bonds is 2. The van der Waals surface area contributed by atoms with Crippen molar-refractivity contribution in [2.45, 2.75) is 37.7 Å². The third-order valence-corrected chi connectivity index (χ3v) is 3.03. The lowest BCUT2D eigenvalue weighted by atomic mass is 9.86. The summed E-state index contributed by atoms with van der Waals surface area (Å²) in [5.74, 6) is 1.69. The van der Waals surface area contributed by atoms with Gasteiger partial charge in [0.15, 0.2) is 0 Å². The van der Waals surface area contributed by atoms with E-state index in [0.717, 1.165) is 18.7 Å². The molecule has 0 amide bonds. The van der Waals surface area contributed by atoms with Gasteiger partial charge in [-0.1, -0.05) is 12.8 Å². The van der Waals surface area contributed by atoms with Gasteiger partial charge in [-0.2, -0.15) is 0 Å². The highest BCUT2D eigenvalue weighted by molar-refractivity contribution is 5.26. The fourth-order valence-electron chi connectivity index (χ4n) is 2.24. The number of hydrogen-bond acceptors (Lipinski definition) is 4. The monoisotopic (exact) mass is 207 g/mol. The van der Waals surface area contributed by atoms with E-state index < -0.39 is 0 Å². The van der Waals surface area contributed by atoms with Crippen molar-refractivity contribution < 1.29 is 4.74 Å². The average molecular weight is 207 g/mol. The molecule has 1 aromatic rings. The lowest BCUT2D eigenvalue weighted by Crippen LogP contribution is -2.26. The number of nitrogens with zero attached hydrogens (tertiary/aromatic N) is 2. The third-order valence-electron chi connectivity index (χ3n) is 3.03. The zero-order valence-electron chi connectivity index (χ0n) is 9.02. The van der Waals surface area contributed by atoms with Crippen LogP contribution in [0.2, 0.25) is 0 Å². The van der Waals surface area contributed by atoms with Crippen LogP contribution in [0.25, 0.3) is 0 Å². The maximum atomic E-state index is 5.66. The van der Waals surface area contributed by atoms with Crippen LogP contribution in [0.15, 0.2) is 12.3 Å². The third kappa shape index (κ3) is 2.26. The first-order valence-corrected chi connectivity index (χ1v) is 5.42. The van der Waals surface area contributed by atoms with Gasteiger partial charge < -0.3 is 10.5 Å². The van der Waals surface area contributed by atoms with Gasteiger partial charge in [0.05, 0.1) is 6.10 Å². The van der Waals surface area contributed by atoms with E-state index in [0.29, 0.717) is 11.7 Å². The number of anilines is 1. The summed E-state index contributed by atoms with van der Waals surface area (Å²) in [6, 6.07) is 1.72. The molecule has 0 bridgehead atoms. The Kier molecular flexibility index (Phi) is 3.16. The van der Waals surface area contributed by atoms with Crippen molar-refractivity contribution in [2.75, 3.05) is 12.8 Å². The van der Waals surface area contributed by atoms with Crippen LogP contribution in [0.4, 0.5) is 5.82 Å². The number of methoxy groups -OCH3 is 1. The molecule has 1 fully saturated rings. The molecule has 1 aliphatic rings. The second kappa shape index (κ2) is 4.57. The molecule has 1 heterocycles. The Hall–Kier alpha value is -1.16. The number of aromatic nitrogens is 2. The highest BCUT2D eigenvalue weighted by atomic mass is 16.5. The summed E-state index contributed by atoms with van der Waals surface area (Å²) in [6.07, 6.45) is 6.63. The van der Waals surface area contributed by atoms with E-state index in [1.54, 1.807) is 19.4 Å². The molecule has 2 rings (SSSR count). The second-order valence-corrected chi connectivity index (χ2v) is 4.00. The Morgan fingerprint density at radius 1 is 1.40 bits per heavy atom. The van der Waals surface area contributed by atoms with Crippen LogP contribution in [0.5, 0.6) is 0 Å². The molecule has 4 nitrogen and oxygen atoms in total. The van der Waals surface area contributed by atoms with Crippen molar-refractivity contribution in [3.05, 3.63) is 18.1 Å². The topological polar surface area (TPSA) is 61.0 Å². The lowest BCUT2D eigenvalue weighted by molar-refractivity contribution is 0.0498. The first kappa shape index (κ1) is 10.4. The van der Waals surface area contributed by atoms with E-state index in [2.05, 4.69) is 9.97 Å². The van der Waals surface area contributed by atoms with E-state index in [-0.39, 0.29) is 6.10 Å². The van der Waals surface area contributed by atoms with Crippen LogP contribution in [-0.2, 0) is 4.74 Å². The molecule has 0 spiro atoms. The first-order chi connectivity index (χ1) is 7.31. The quantitative estimate of drug-likeness (QED) is 0.802. The standard InChI is InChI=1S/C11H17N3O/c1-15-9-5-3-2-4-8(9)11-13-7-6-10(12)14-11/h6-9H,2-5H2,1H3,(H2,12,13,14). The molecule has 0 aromatic carbocycles. The Morgan fingerprint density at radius 2 is 2.20 bits per heavy atom. The van der Waals surface area contributed by atoms with Crippen molar-refractivity contribution >= 4 is 5.82 Å². The number of nitrogen functional groups attached to an aromatic ring is 1. The van der Waals surface area contributed by atoms with E-state index in [9.17, 15) is 0 Å². The maximum absolute atomic E-state index is 5.66. The smallest absolute Gasteiger partial charge is 0.136 e. The molecule has 1 aromatic heterocycles. The summed E-state index contributed by atoms with van der Waals surface area (Å²) >= 11 is 0. The largest absolute Gasteiger partial charge is 0.384 e. The molecular formula is C11H17N3O. The Morgan fingerprint density at radius 3 is 2.93 bits per heavy atom. The van der Waals surface area contributed by atoms with E-state index in [1.807, 2.05) is 0 Å². The van der Waals surface area contributed by atoms with Crippen molar-refractivity contribution in [2.24, 2.45) is 0 Å². The van der Waals surface area contributed by atoms with Gasteiger partial charge in [-0.3, -0.25) is 0 Å². The van der Waals surface area contributed by atoms with Gasteiger partial charge >= 0.3 is 0 Å².